The van der Waals surface area contributed by atoms with Crippen LogP contribution in [0.2, 0.25) is 0 Å². The number of aromatic amines is 1. The summed E-state index contributed by atoms with van der Waals surface area (Å²) in [7, 11) is 0. The number of rotatable bonds is 3. The van der Waals surface area contributed by atoms with Crippen molar-refractivity contribution < 1.29 is 55.7 Å². The Bertz CT molecular complexity index is 984. The third kappa shape index (κ3) is 8.22. The number of carboxylic acid groups (broad SMARTS) is 2. The molecule has 1 aromatic heterocycles. The molecule has 202 valence electrons. The standard InChI is InChI=1S/C14H19N5O3.2C2HF3O2/c15-3-10(16)13(22)19-7-14(8-19)5-18(6-14)12(21)9-1-2-11(20)17-4-9;2*3-2(4,5)1(6)7/h1-2,4,10H,3,5-8,15-16H2,(H,17,20);2*(H,6,7). The van der Waals surface area contributed by atoms with Crippen LogP contribution in [-0.2, 0) is 14.4 Å². The average Bonchev–Trinajstić information content (AvgIpc) is 2.70. The lowest BCUT2D eigenvalue weighted by atomic mass is 9.72. The molecule has 1 aromatic rings. The number of carbonyl (C=O) groups excluding carboxylic acids is 2. The number of pyridine rings is 1. The van der Waals surface area contributed by atoms with Crippen molar-refractivity contribution >= 4 is 23.8 Å². The Morgan fingerprint density at radius 2 is 1.36 bits per heavy atom. The van der Waals surface area contributed by atoms with Gasteiger partial charge in [-0.05, 0) is 6.07 Å². The fraction of sp³-hybridized carbons (Fsp3) is 0.500. The van der Waals surface area contributed by atoms with E-state index in [1.54, 1.807) is 9.80 Å². The minimum absolute atomic E-state index is 0.00181. The maximum absolute atomic E-state index is 12.2. The summed E-state index contributed by atoms with van der Waals surface area (Å²) in [6.07, 6.45) is -8.74. The Morgan fingerprint density at radius 3 is 1.69 bits per heavy atom. The summed E-state index contributed by atoms with van der Waals surface area (Å²) >= 11 is 0. The molecule has 0 radical (unpaired) electrons. The topological polar surface area (TPSA) is 200 Å². The van der Waals surface area contributed by atoms with Gasteiger partial charge in [-0.2, -0.15) is 26.3 Å². The maximum Gasteiger partial charge on any atom is 0.490 e. The van der Waals surface area contributed by atoms with Gasteiger partial charge in [-0.3, -0.25) is 14.4 Å². The third-order valence-corrected chi connectivity index (χ3v) is 4.79. The van der Waals surface area contributed by atoms with Crippen LogP contribution < -0.4 is 17.0 Å². The Kier molecular flexibility index (Phi) is 9.60. The minimum Gasteiger partial charge on any atom is -0.475 e. The molecule has 1 atom stereocenters. The van der Waals surface area contributed by atoms with E-state index in [0.717, 1.165) is 0 Å². The lowest BCUT2D eigenvalue weighted by Gasteiger charge is -2.60. The van der Waals surface area contributed by atoms with E-state index in [1.807, 2.05) is 0 Å². The van der Waals surface area contributed by atoms with E-state index < -0.39 is 30.3 Å². The van der Waals surface area contributed by atoms with E-state index in [0.29, 0.717) is 31.7 Å². The first-order valence-corrected chi connectivity index (χ1v) is 9.65. The number of H-pyrrole nitrogens is 1. The molecule has 2 saturated heterocycles. The van der Waals surface area contributed by atoms with Gasteiger partial charge < -0.3 is 36.5 Å². The van der Waals surface area contributed by atoms with E-state index in [-0.39, 0.29) is 29.3 Å². The number of alkyl halides is 6. The van der Waals surface area contributed by atoms with Gasteiger partial charge in [-0.1, -0.05) is 0 Å². The van der Waals surface area contributed by atoms with Gasteiger partial charge in [0.25, 0.3) is 5.91 Å². The number of nitrogens with one attached hydrogen (secondary N) is 1. The molecule has 36 heavy (non-hydrogen) atoms. The molecule has 1 spiro atoms. The first kappa shape index (κ1) is 30.4. The number of amides is 2. The van der Waals surface area contributed by atoms with E-state index in [9.17, 15) is 40.7 Å². The van der Waals surface area contributed by atoms with Gasteiger partial charge >= 0.3 is 24.3 Å². The summed E-state index contributed by atoms with van der Waals surface area (Å²) in [5, 5.41) is 14.2. The van der Waals surface area contributed by atoms with Gasteiger partial charge in [0.05, 0.1) is 11.6 Å². The van der Waals surface area contributed by atoms with E-state index in [1.165, 1.54) is 18.3 Å². The molecule has 0 saturated carbocycles. The van der Waals surface area contributed by atoms with Crippen molar-refractivity contribution in [2.75, 3.05) is 32.7 Å². The van der Waals surface area contributed by atoms with Crippen LogP contribution >= 0.6 is 0 Å². The number of carboxylic acids is 2. The molecule has 2 aliphatic rings. The number of halogens is 6. The zero-order chi connectivity index (χ0) is 28.1. The van der Waals surface area contributed by atoms with Gasteiger partial charge in [-0.25, -0.2) is 9.59 Å². The van der Waals surface area contributed by atoms with Crippen LogP contribution in [0.15, 0.2) is 23.1 Å². The summed E-state index contributed by atoms with van der Waals surface area (Å²) in [5.41, 5.74) is 11.3. The summed E-state index contributed by atoms with van der Waals surface area (Å²) in [5.74, 6) is -5.75. The summed E-state index contributed by atoms with van der Waals surface area (Å²) in [4.78, 5) is 58.8. The minimum atomic E-state index is -5.08. The third-order valence-electron chi connectivity index (χ3n) is 4.79. The van der Waals surface area contributed by atoms with E-state index in [2.05, 4.69) is 4.98 Å². The van der Waals surface area contributed by atoms with Gasteiger partial charge in [0.1, 0.15) is 0 Å². The maximum atomic E-state index is 12.2. The summed E-state index contributed by atoms with van der Waals surface area (Å²) < 4.78 is 63.5. The molecule has 2 amide bonds. The van der Waals surface area contributed by atoms with Gasteiger partial charge in [0, 0.05) is 50.4 Å². The first-order valence-electron chi connectivity index (χ1n) is 9.65. The van der Waals surface area contributed by atoms with Crippen LogP contribution in [-0.4, -0.2) is 99.9 Å². The molecule has 7 N–H and O–H groups in total. The smallest absolute Gasteiger partial charge is 0.475 e. The number of aromatic nitrogens is 1. The lowest BCUT2D eigenvalue weighted by Crippen LogP contribution is -2.74. The van der Waals surface area contributed by atoms with Crippen molar-refractivity contribution in [3.63, 3.8) is 0 Å². The highest BCUT2D eigenvalue weighted by Gasteiger charge is 2.54. The van der Waals surface area contributed by atoms with Crippen LogP contribution in [0.25, 0.3) is 0 Å². The molecule has 2 aliphatic heterocycles. The summed E-state index contributed by atoms with van der Waals surface area (Å²) in [6.45, 7) is 2.61. The van der Waals surface area contributed by atoms with Crippen LogP contribution in [0.3, 0.4) is 0 Å². The summed E-state index contributed by atoms with van der Waals surface area (Å²) in [6, 6.07) is 2.21. The van der Waals surface area contributed by atoms with Crippen molar-refractivity contribution in [2.45, 2.75) is 18.4 Å². The number of hydrogen-bond acceptors (Lipinski definition) is 7. The Balaban J connectivity index is 0.000000383. The second-order valence-electron chi connectivity index (χ2n) is 7.75. The Hall–Kier alpha value is -3.67. The largest absolute Gasteiger partial charge is 0.490 e. The monoisotopic (exact) mass is 533 g/mol. The highest BCUT2D eigenvalue weighted by molar-refractivity contribution is 5.94. The van der Waals surface area contributed by atoms with E-state index >= 15 is 0 Å². The second-order valence-corrected chi connectivity index (χ2v) is 7.75. The Morgan fingerprint density at radius 1 is 0.944 bits per heavy atom. The van der Waals surface area contributed by atoms with Crippen LogP contribution in [0.5, 0.6) is 0 Å². The van der Waals surface area contributed by atoms with Crippen molar-refractivity contribution in [2.24, 2.45) is 16.9 Å². The molecule has 1 unspecified atom stereocenters. The van der Waals surface area contributed by atoms with Crippen LogP contribution in [0, 0.1) is 5.41 Å². The SMILES string of the molecule is NCC(N)C(=O)N1CC2(CN(C(=O)c3ccc(=O)[nH]c3)C2)C1.O=C(O)C(F)(F)F.O=C(O)C(F)(F)F. The number of hydrogen-bond donors (Lipinski definition) is 5. The van der Waals surface area contributed by atoms with Gasteiger partial charge in [0.15, 0.2) is 0 Å². The Labute approximate surface area is 197 Å². The number of likely N-dealkylation sites (tertiary alicyclic amines) is 2. The lowest BCUT2D eigenvalue weighted by molar-refractivity contribution is -0.193. The molecule has 3 rings (SSSR count). The zero-order valence-electron chi connectivity index (χ0n) is 18.1. The molecule has 3 heterocycles. The molecule has 0 aromatic carbocycles. The highest BCUT2D eigenvalue weighted by Crippen LogP contribution is 2.40. The average molecular weight is 533 g/mol. The first-order chi connectivity index (χ1) is 16.3. The second kappa shape index (κ2) is 11.4. The number of nitrogens with zero attached hydrogens (tertiary/aromatic N) is 2. The normalized spacial score (nSPS) is 16.8. The predicted molar refractivity (Wildman–Crippen MR) is 106 cm³/mol. The van der Waals surface area contributed by atoms with Crippen molar-refractivity contribution in [1.82, 2.24) is 14.8 Å². The van der Waals surface area contributed by atoms with Crippen LogP contribution in [0.1, 0.15) is 10.4 Å². The highest BCUT2D eigenvalue weighted by atomic mass is 19.4. The number of carbonyl (C=O) groups is 4. The van der Waals surface area contributed by atoms with Crippen molar-refractivity contribution in [1.29, 1.82) is 0 Å². The molecule has 0 aliphatic carbocycles. The molecular formula is C18H21F6N5O7. The zero-order valence-corrected chi connectivity index (χ0v) is 18.1. The van der Waals surface area contributed by atoms with Crippen LogP contribution in [0.4, 0.5) is 26.3 Å². The van der Waals surface area contributed by atoms with E-state index in [4.69, 9.17) is 31.3 Å². The molecule has 2 fully saturated rings. The molecule has 18 heteroatoms. The van der Waals surface area contributed by atoms with Gasteiger partial charge in [-0.15, -0.1) is 0 Å². The number of nitrogens with two attached hydrogens (primary N) is 2. The molecular weight excluding hydrogens is 512 g/mol. The number of aliphatic carboxylic acids is 2. The predicted octanol–water partition coefficient (Wildman–Crippen LogP) is -0.788. The molecule has 12 nitrogen and oxygen atoms in total. The quantitative estimate of drug-likeness (QED) is 0.309. The fourth-order valence-corrected chi connectivity index (χ4v) is 3.09. The fourth-order valence-electron chi connectivity index (χ4n) is 3.09. The van der Waals surface area contributed by atoms with Gasteiger partial charge in [0.2, 0.25) is 11.5 Å². The van der Waals surface area contributed by atoms with Crippen molar-refractivity contribution in [3.8, 4) is 0 Å². The molecule has 0 bridgehead atoms. The van der Waals surface area contributed by atoms with Crippen molar-refractivity contribution in [3.05, 3.63) is 34.2 Å².